The van der Waals surface area contributed by atoms with Crippen LogP contribution in [0.25, 0.3) is 0 Å². The molecule has 4 rings (SSSR count). The summed E-state index contributed by atoms with van der Waals surface area (Å²) in [5.74, 6) is 1.02. The first-order valence-corrected chi connectivity index (χ1v) is 10.6. The molecule has 7 heteroatoms. The van der Waals surface area contributed by atoms with Gasteiger partial charge < -0.3 is 20.3 Å². The molecule has 0 bridgehead atoms. The summed E-state index contributed by atoms with van der Waals surface area (Å²) in [5, 5.41) is 5.84. The van der Waals surface area contributed by atoms with Gasteiger partial charge in [0.1, 0.15) is 5.75 Å². The highest BCUT2D eigenvalue weighted by molar-refractivity contribution is 5.97. The number of hydrogen-bond acceptors (Lipinski definition) is 5. The molecular weight excluding hydrogens is 380 g/mol. The molecule has 2 atom stereocenters. The van der Waals surface area contributed by atoms with E-state index in [0.717, 1.165) is 56.3 Å². The predicted octanol–water partition coefficient (Wildman–Crippen LogP) is 2.47. The van der Waals surface area contributed by atoms with Crippen molar-refractivity contribution in [3.8, 4) is 5.75 Å². The first-order chi connectivity index (χ1) is 14.4. The van der Waals surface area contributed by atoms with Gasteiger partial charge in [0, 0.05) is 57.0 Å². The fraction of sp³-hybridized carbons (Fsp3) is 0.478. The Kier molecular flexibility index (Phi) is 5.81. The zero-order chi connectivity index (χ0) is 21.3. The van der Waals surface area contributed by atoms with Crippen molar-refractivity contribution in [1.82, 2.24) is 15.1 Å². The van der Waals surface area contributed by atoms with E-state index < -0.39 is 6.10 Å². The minimum Gasteiger partial charge on any atom is -0.479 e. The molecule has 3 aliphatic rings. The maximum absolute atomic E-state index is 11.9. The summed E-state index contributed by atoms with van der Waals surface area (Å²) < 4.78 is 5.64. The van der Waals surface area contributed by atoms with Crippen LogP contribution in [0.5, 0.6) is 5.75 Å². The van der Waals surface area contributed by atoms with Gasteiger partial charge >= 0.3 is 0 Å². The van der Waals surface area contributed by atoms with Crippen molar-refractivity contribution in [1.29, 1.82) is 0 Å². The quantitative estimate of drug-likeness (QED) is 0.798. The fourth-order valence-electron chi connectivity index (χ4n) is 4.37. The molecule has 2 unspecified atom stereocenters. The first-order valence-electron chi connectivity index (χ1n) is 10.6. The molecule has 0 spiro atoms. The van der Waals surface area contributed by atoms with Crippen LogP contribution in [0.3, 0.4) is 0 Å². The summed E-state index contributed by atoms with van der Waals surface area (Å²) in [5.41, 5.74) is 4.28. The van der Waals surface area contributed by atoms with Crippen molar-refractivity contribution in [3.05, 3.63) is 47.3 Å². The molecule has 1 saturated heterocycles. The van der Waals surface area contributed by atoms with E-state index in [-0.39, 0.29) is 11.8 Å². The highest BCUT2D eigenvalue weighted by Crippen LogP contribution is 2.31. The Morgan fingerprint density at radius 1 is 1.20 bits per heavy atom. The van der Waals surface area contributed by atoms with E-state index in [1.165, 1.54) is 11.3 Å². The highest BCUT2D eigenvalue weighted by Gasteiger charge is 2.26. The molecule has 2 amide bonds. The second-order valence-electron chi connectivity index (χ2n) is 8.41. The summed E-state index contributed by atoms with van der Waals surface area (Å²) in [7, 11) is 0. The van der Waals surface area contributed by atoms with E-state index in [1.807, 2.05) is 18.2 Å². The Morgan fingerprint density at radius 2 is 1.97 bits per heavy atom. The number of allylic oxidation sites excluding steroid dienone is 4. The normalized spacial score (nSPS) is 24.2. The molecule has 30 heavy (non-hydrogen) atoms. The second kappa shape index (κ2) is 8.52. The fourth-order valence-corrected chi connectivity index (χ4v) is 4.37. The van der Waals surface area contributed by atoms with Gasteiger partial charge in [-0.15, -0.1) is 0 Å². The number of rotatable bonds is 4. The van der Waals surface area contributed by atoms with E-state index in [0.29, 0.717) is 5.92 Å². The lowest BCUT2D eigenvalue weighted by molar-refractivity contribution is -0.122. The molecule has 7 nitrogen and oxygen atoms in total. The topological polar surface area (TPSA) is 73.9 Å². The van der Waals surface area contributed by atoms with Crippen molar-refractivity contribution in [2.45, 2.75) is 39.8 Å². The number of hydrogen-bond donors (Lipinski definition) is 2. The monoisotopic (exact) mass is 410 g/mol. The van der Waals surface area contributed by atoms with Gasteiger partial charge in [-0.2, -0.15) is 0 Å². The van der Waals surface area contributed by atoms with E-state index in [2.05, 4.69) is 39.5 Å². The zero-order valence-electron chi connectivity index (χ0n) is 17.9. The van der Waals surface area contributed by atoms with Crippen molar-refractivity contribution in [2.75, 3.05) is 31.5 Å². The number of benzene rings is 1. The van der Waals surface area contributed by atoms with Crippen LogP contribution in [0.2, 0.25) is 0 Å². The van der Waals surface area contributed by atoms with Crippen LogP contribution in [-0.4, -0.2) is 53.9 Å². The summed E-state index contributed by atoms with van der Waals surface area (Å²) in [4.78, 5) is 28.0. The number of nitrogens with one attached hydrogen (secondary N) is 2. The molecule has 1 aliphatic carbocycles. The van der Waals surface area contributed by atoms with Crippen LogP contribution in [0.15, 0.2) is 41.7 Å². The number of fused-ring (bicyclic) bond motifs is 1. The number of nitrogens with zero attached hydrogens (tertiary/aromatic N) is 2. The van der Waals surface area contributed by atoms with Gasteiger partial charge in [-0.25, -0.2) is 0 Å². The minimum atomic E-state index is -0.447. The van der Waals surface area contributed by atoms with Crippen molar-refractivity contribution < 1.29 is 14.3 Å². The molecule has 2 heterocycles. The van der Waals surface area contributed by atoms with Crippen LogP contribution < -0.4 is 15.4 Å². The number of carbonyl (C=O) groups excluding carboxylic acids is 2. The van der Waals surface area contributed by atoms with Crippen LogP contribution in [0, 0.1) is 5.92 Å². The van der Waals surface area contributed by atoms with E-state index in [4.69, 9.17) is 4.74 Å². The van der Waals surface area contributed by atoms with Gasteiger partial charge in [-0.05, 0) is 43.2 Å². The smallest absolute Gasteiger partial charge is 0.265 e. The number of piperazine rings is 1. The number of carbonyl (C=O) groups is 2. The molecule has 1 aromatic rings. The van der Waals surface area contributed by atoms with E-state index in [9.17, 15) is 9.59 Å². The lowest BCUT2D eigenvalue weighted by atomic mass is 9.94. The largest absolute Gasteiger partial charge is 0.479 e. The predicted molar refractivity (Wildman–Crippen MR) is 116 cm³/mol. The Morgan fingerprint density at radius 3 is 2.67 bits per heavy atom. The van der Waals surface area contributed by atoms with E-state index >= 15 is 0 Å². The highest BCUT2D eigenvalue weighted by atomic mass is 16.5. The summed E-state index contributed by atoms with van der Waals surface area (Å²) in [6, 6.07) is 6.05. The maximum Gasteiger partial charge on any atom is 0.265 e. The summed E-state index contributed by atoms with van der Waals surface area (Å²) >= 11 is 0. The third kappa shape index (κ3) is 4.51. The molecule has 160 valence electrons. The number of anilines is 1. The Labute approximate surface area is 177 Å². The average molecular weight is 411 g/mol. The van der Waals surface area contributed by atoms with Crippen LogP contribution in [0.4, 0.5) is 5.69 Å². The molecule has 1 aromatic carbocycles. The average Bonchev–Trinajstić information content (AvgIpc) is 2.70. The molecular formula is C23H30N4O3. The number of amides is 2. The molecule has 1 fully saturated rings. The third-order valence-corrected chi connectivity index (χ3v) is 5.94. The zero-order valence-corrected chi connectivity index (χ0v) is 17.9. The second-order valence-corrected chi connectivity index (χ2v) is 8.41. The molecule has 0 saturated carbocycles. The van der Waals surface area contributed by atoms with Crippen molar-refractivity contribution in [2.24, 2.45) is 5.92 Å². The Balaban J connectivity index is 1.34. The lowest BCUT2D eigenvalue weighted by Gasteiger charge is -2.40. The van der Waals surface area contributed by atoms with Gasteiger partial charge in [0.25, 0.3) is 5.91 Å². The van der Waals surface area contributed by atoms with E-state index in [1.54, 1.807) is 13.8 Å². The van der Waals surface area contributed by atoms with Gasteiger partial charge in [-0.3, -0.25) is 14.5 Å². The molecule has 0 aromatic heterocycles. The van der Waals surface area contributed by atoms with Crippen LogP contribution in [-0.2, 0) is 16.1 Å². The first kappa shape index (κ1) is 20.5. The lowest BCUT2D eigenvalue weighted by Crippen LogP contribution is -2.46. The van der Waals surface area contributed by atoms with Crippen LogP contribution >= 0.6 is 0 Å². The standard InChI is InChI=1S/C23H30N4O3/c1-15-12-19(24-17(3)28)5-6-21(15)27-10-8-26(9-11-27)14-18-4-7-22-20(13-18)25-23(29)16(2)30-22/h4-7,13,15-16H,8-12,14H2,1-3H3,(H,24,28)(H,25,29). The van der Waals surface area contributed by atoms with Gasteiger partial charge in [0.2, 0.25) is 5.91 Å². The van der Waals surface area contributed by atoms with Crippen LogP contribution in [0.1, 0.15) is 32.8 Å². The van der Waals surface area contributed by atoms with Gasteiger partial charge in [0.15, 0.2) is 6.10 Å². The summed E-state index contributed by atoms with van der Waals surface area (Å²) in [6.07, 6.45) is 4.61. The van der Waals surface area contributed by atoms with Crippen molar-refractivity contribution >= 4 is 17.5 Å². The molecule has 2 aliphatic heterocycles. The third-order valence-electron chi connectivity index (χ3n) is 5.94. The maximum atomic E-state index is 11.9. The van der Waals surface area contributed by atoms with Gasteiger partial charge in [-0.1, -0.05) is 13.0 Å². The summed E-state index contributed by atoms with van der Waals surface area (Å²) in [6.45, 7) is 10.3. The van der Waals surface area contributed by atoms with Gasteiger partial charge in [0.05, 0.1) is 5.69 Å². The molecule has 2 N–H and O–H groups in total. The Bertz CT molecular complexity index is 900. The molecule has 0 radical (unpaired) electrons. The Hall–Kier alpha value is -2.80. The minimum absolute atomic E-state index is 0.0123. The number of ether oxygens (including phenoxy) is 1. The SMILES string of the molecule is CC(=O)NC1=CC=C(N2CCN(Cc3ccc4c(c3)NC(=O)C(C)O4)CC2)C(C)C1. The van der Waals surface area contributed by atoms with Crippen molar-refractivity contribution in [3.63, 3.8) is 0 Å².